The lowest BCUT2D eigenvalue weighted by Crippen LogP contribution is -2.43. The molecule has 0 aliphatic heterocycles. The highest BCUT2D eigenvalue weighted by atomic mass is 16.5. The first kappa shape index (κ1) is 19.2. The largest absolute Gasteiger partial charge is 0.497 e. The Morgan fingerprint density at radius 1 is 1.04 bits per heavy atom. The predicted molar refractivity (Wildman–Crippen MR) is 103 cm³/mol. The van der Waals surface area contributed by atoms with Crippen molar-refractivity contribution >= 4 is 18.1 Å². The monoisotopic (exact) mass is 352 g/mol. The Bertz CT molecular complexity index is 729. The number of methoxy groups -OCH3 is 1. The molecule has 0 bridgehead atoms. The number of nitrogens with one attached hydrogen (secondary N) is 3. The lowest BCUT2D eigenvalue weighted by atomic mass is 10.1. The average molecular weight is 352 g/mol. The Morgan fingerprint density at radius 3 is 2.35 bits per heavy atom. The molecule has 0 spiro atoms. The van der Waals surface area contributed by atoms with Gasteiger partial charge in [-0.25, -0.2) is 0 Å². The van der Waals surface area contributed by atoms with Gasteiger partial charge in [-0.3, -0.25) is 15.6 Å². The molecule has 136 valence electrons. The van der Waals surface area contributed by atoms with Crippen molar-refractivity contribution in [3.63, 3.8) is 0 Å². The van der Waals surface area contributed by atoms with E-state index in [2.05, 4.69) is 5.32 Å². The molecule has 1 amide bonds. The third-order valence-electron chi connectivity index (χ3n) is 4.00. The van der Waals surface area contributed by atoms with E-state index >= 15 is 0 Å². The van der Waals surface area contributed by atoms with Crippen LogP contribution in [-0.4, -0.2) is 43.2 Å². The number of carbonyl (C=O) groups excluding carboxylic acids is 1. The van der Waals surface area contributed by atoms with Gasteiger partial charge in [-0.05, 0) is 29.7 Å². The number of hydrogen-bond donors (Lipinski definition) is 3. The number of benzene rings is 2. The number of carbonyl (C=O) groups is 1. The zero-order valence-electron chi connectivity index (χ0n) is 14.9. The number of amidine groups is 2. The maximum atomic E-state index is 10.5. The molecule has 2 aromatic rings. The molecule has 0 aliphatic rings. The molecular formula is C20H24N4O2. The van der Waals surface area contributed by atoms with Crippen LogP contribution in [0.4, 0.5) is 0 Å². The van der Waals surface area contributed by atoms with Gasteiger partial charge in [0.15, 0.2) is 0 Å². The Morgan fingerprint density at radius 2 is 1.73 bits per heavy atom. The highest BCUT2D eigenvalue weighted by Crippen LogP contribution is 2.13. The van der Waals surface area contributed by atoms with Crippen LogP contribution >= 0.6 is 0 Å². The molecule has 0 fully saturated rings. The summed E-state index contributed by atoms with van der Waals surface area (Å²) >= 11 is 0. The zero-order valence-corrected chi connectivity index (χ0v) is 14.9. The molecule has 2 aromatic carbocycles. The molecule has 26 heavy (non-hydrogen) atoms. The van der Waals surface area contributed by atoms with Crippen LogP contribution in [0.2, 0.25) is 0 Å². The van der Waals surface area contributed by atoms with Crippen LogP contribution in [0.25, 0.3) is 0 Å². The molecule has 0 unspecified atom stereocenters. The standard InChI is InChI=1S/C20H24N4O2/c1-26-18-9-7-17(8-10-18)13-19(21)24(20(22)14-23-15-25)12-11-16-5-3-2-4-6-16/h2-10,15,21-22H,11-14H2,1H3,(H,23,25). The van der Waals surface area contributed by atoms with E-state index < -0.39 is 0 Å². The van der Waals surface area contributed by atoms with Crippen LogP contribution in [0.15, 0.2) is 54.6 Å². The normalized spacial score (nSPS) is 10.0. The third-order valence-corrected chi connectivity index (χ3v) is 4.00. The second kappa shape index (κ2) is 9.98. The van der Waals surface area contributed by atoms with Gasteiger partial charge in [-0.15, -0.1) is 0 Å². The summed E-state index contributed by atoms with van der Waals surface area (Å²) in [6.07, 6.45) is 1.69. The quantitative estimate of drug-likeness (QED) is 0.368. The summed E-state index contributed by atoms with van der Waals surface area (Å²) in [4.78, 5) is 12.2. The molecule has 0 aliphatic carbocycles. The number of amides is 1. The van der Waals surface area contributed by atoms with Crippen LogP contribution in [0, 0.1) is 10.8 Å². The van der Waals surface area contributed by atoms with Crippen molar-refractivity contribution in [3.05, 3.63) is 65.7 Å². The van der Waals surface area contributed by atoms with Gasteiger partial charge in [0.25, 0.3) is 0 Å². The van der Waals surface area contributed by atoms with Crippen LogP contribution in [0.3, 0.4) is 0 Å². The molecule has 0 atom stereocenters. The van der Waals surface area contributed by atoms with E-state index in [-0.39, 0.29) is 12.4 Å². The second-order valence-electron chi connectivity index (χ2n) is 5.80. The maximum absolute atomic E-state index is 10.5. The van der Waals surface area contributed by atoms with Gasteiger partial charge in [0.05, 0.1) is 13.7 Å². The van der Waals surface area contributed by atoms with E-state index in [4.69, 9.17) is 15.6 Å². The smallest absolute Gasteiger partial charge is 0.207 e. The van der Waals surface area contributed by atoms with Gasteiger partial charge in [-0.2, -0.15) is 0 Å². The van der Waals surface area contributed by atoms with E-state index in [1.807, 2.05) is 54.6 Å². The van der Waals surface area contributed by atoms with Gasteiger partial charge >= 0.3 is 0 Å². The summed E-state index contributed by atoms with van der Waals surface area (Å²) in [6, 6.07) is 17.5. The Hall–Kier alpha value is -3.15. The fourth-order valence-electron chi connectivity index (χ4n) is 2.58. The Balaban J connectivity index is 2.06. The lowest BCUT2D eigenvalue weighted by Gasteiger charge is -2.26. The highest BCUT2D eigenvalue weighted by Gasteiger charge is 2.15. The van der Waals surface area contributed by atoms with Crippen molar-refractivity contribution in [2.45, 2.75) is 12.8 Å². The predicted octanol–water partition coefficient (Wildman–Crippen LogP) is 2.48. The van der Waals surface area contributed by atoms with E-state index in [9.17, 15) is 4.79 Å². The van der Waals surface area contributed by atoms with Crippen molar-refractivity contribution < 1.29 is 9.53 Å². The van der Waals surface area contributed by atoms with Crippen molar-refractivity contribution in [1.29, 1.82) is 10.8 Å². The van der Waals surface area contributed by atoms with Crippen LogP contribution in [0.1, 0.15) is 11.1 Å². The fraction of sp³-hybridized carbons (Fsp3) is 0.250. The summed E-state index contributed by atoms with van der Waals surface area (Å²) < 4.78 is 5.15. The Kier molecular flexibility index (Phi) is 7.36. The van der Waals surface area contributed by atoms with Gasteiger partial charge in [0.1, 0.15) is 17.4 Å². The molecule has 0 radical (unpaired) electrons. The summed E-state index contributed by atoms with van der Waals surface area (Å²) in [5.41, 5.74) is 2.11. The van der Waals surface area contributed by atoms with E-state index in [1.165, 1.54) is 0 Å². The van der Waals surface area contributed by atoms with E-state index in [1.54, 1.807) is 12.0 Å². The fourth-order valence-corrected chi connectivity index (χ4v) is 2.58. The van der Waals surface area contributed by atoms with Crippen LogP contribution < -0.4 is 10.1 Å². The first-order valence-corrected chi connectivity index (χ1v) is 8.40. The number of rotatable bonds is 9. The molecule has 0 aromatic heterocycles. The van der Waals surface area contributed by atoms with Gasteiger partial charge in [0.2, 0.25) is 6.41 Å². The van der Waals surface area contributed by atoms with E-state index in [0.717, 1.165) is 23.3 Å². The summed E-state index contributed by atoms with van der Waals surface area (Å²) in [6.45, 7) is 0.613. The lowest BCUT2D eigenvalue weighted by molar-refractivity contribution is -0.109. The summed E-state index contributed by atoms with van der Waals surface area (Å²) in [5, 5.41) is 19.2. The summed E-state index contributed by atoms with van der Waals surface area (Å²) in [5.74, 6) is 1.29. The summed E-state index contributed by atoms with van der Waals surface area (Å²) in [7, 11) is 1.61. The van der Waals surface area contributed by atoms with Crippen molar-refractivity contribution in [2.24, 2.45) is 0 Å². The van der Waals surface area contributed by atoms with Gasteiger partial charge in [-0.1, -0.05) is 42.5 Å². The SMILES string of the molecule is COc1ccc(CC(=N)N(CCc2ccccc2)C(=N)CNC=O)cc1. The Labute approximate surface area is 153 Å². The molecule has 2 rings (SSSR count). The van der Waals surface area contributed by atoms with Gasteiger partial charge < -0.3 is 15.0 Å². The molecule has 0 saturated carbocycles. The van der Waals surface area contributed by atoms with Crippen molar-refractivity contribution in [2.75, 3.05) is 20.2 Å². The average Bonchev–Trinajstić information content (AvgIpc) is 2.68. The minimum absolute atomic E-state index is 0.100. The molecule has 3 N–H and O–H groups in total. The minimum Gasteiger partial charge on any atom is -0.497 e. The van der Waals surface area contributed by atoms with Crippen molar-refractivity contribution in [1.82, 2.24) is 10.2 Å². The second-order valence-corrected chi connectivity index (χ2v) is 5.80. The van der Waals surface area contributed by atoms with Gasteiger partial charge in [0, 0.05) is 13.0 Å². The first-order chi connectivity index (χ1) is 12.6. The van der Waals surface area contributed by atoms with E-state index in [0.29, 0.717) is 25.2 Å². The molecular weight excluding hydrogens is 328 g/mol. The molecule has 0 heterocycles. The molecule has 0 saturated heterocycles. The first-order valence-electron chi connectivity index (χ1n) is 8.40. The number of nitrogens with zero attached hydrogens (tertiary/aromatic N) is 1. The third kappa shape index (κ3) is 5.73. The molecule has 6 nitrogen and oxygen atoms in total. The number of hydrogen-bond acceptors (Lipinski definition) is 4. The van der Waals surface area contributed by atoms with Crippen molar-refractivity contribution in [3.8, 4) is 5.75 Å². The van der Waals surface area contributed by atoms with Crippen LogP contribution in [0.5, 0.6) is 5.75 Å². The highest BCUT2D eigenvalue weighted by molar-refractivity contribution is 6.00. The topological polar surface area (TPSA) is 89.3 Å². The maximum Gasteiger partial charge on any atom is 0.207 e. The molecule has 6 heteroatoms. The zero-order chi connectivity index (χ0) is 18.8. The van der Waals surface area contributed by atoms with Crippen LogP contribution in [-0.2, 0) is 17.6 Å². The minimum atomic E-state index is 0.100. The number of ether oxygens (including phenoxy) is 1.